The van der Waals surface area contributed by atoms with Gasteiger partial charge in [0.25, 0.3) is 11.5 Å². The molecule has 2 heterocycles. The van der Waals surface area contributed by atoms with Gasteiger partial charge in [0, 0.05) is 20.1 Å². The number of carbonyl (C=O) groups is 1. The van der Waals surface area contributed by atoms with Crippen LogP contribution >= 0.6 is 0 Å². The van der Waals surface area contributed by atoms with Gasteiger partial charge in [0.15, 0.2) is 5.52 Å². The number of aliphatic carboxylic acids is 1. The van der Waals surface area contributed by atoms with E-state index in [2.05, 4.69) is 22.0 Å². The Balaban J connectivity index is 0.000000564. The summed E-state index contributed by atoms with van der Waals surface area (Å²) in [5.41, 5.74) is 18.1. The molecule has 1 aromatic carbocycles. The number of benzene rings is 1. The molecule has 14 nitrogen and oxygen atoms in total. The average Bonchev–Trinajstić information content (AvgIpc) is 3.21. The van der Waals surface area contributed by atoms with E-state index in [1.54, 1.807) is 66.2 Å². The van der Waals surface area contributed by atoms with Crippen LogP contribution in [0.5, 0.6) is 5.75 Å². The van der Waals surface area contributed by atoms with Crippen LogP contribution in [0.1, 0.15) is 37.4 Å². The zero-order valence-corrected chi connectivity index (χ0v) is 24.6. The van der Waals surface area contributed by atoms with Gasteiger partial charge in [-0.25, -0.2) is 4.98 Å². The molecule has 2 aromatic heterocycles. The number of nitrogens with two attached hydrogens (primary N) is 3. The van der Waals surface area contributed by atoms with Crippen molar-refractivity contribution >= 4 is 28.9 Å². The number of fused-ring (bicyclic) bond motifs is 1. The fourth-order valence-electron chi connectivity index (χ4n) is 3.93. The summed E-state index contributed by atoms with van der Waals surface area (Å²) >= 11 is 0. The number of ether oxygens (including phenoxy) is 2. The summed E-state index contributed by atoms with van der Waals surface area (Å²) in [6.07, 6.45) is 0.957. The van der Waals surface area contributed by atoms with Crippen molar-refractivity contribution in [3.8, 4) is 5.75 Å². The number of aryl methyl sites for hydroxylation is 3. The molecule has 0 aliphatic carbocycles. The molecule has 0 aliphatic rings. The van der Waals surface area contributed by atoms with Gasteiger partial charge >= 0.3 is 5.96 Å². The Kier molecular flexibility index (Phi) is 12.3. The topological polar surface area (TPSA) is 205 Å². The van der Waals surface area contributed by atoms with E-state index in [9.17, 15) is 14.7 Å². The Bertz CT molecular complexity index is 1430. The van der Waals surface area contributed by atoms with Crippen molar-refractivity contribution in [2.24, 2.45) is 29.2 Å². The molecule has 0 radical (unpaired) electrons. The first-order valence-corrected chi connectivity index (χ1v) is 13.3. The molecule has 0 aliphatic heterocycles. The number of carboxylic acids is 1. The van der Waals surface area contributed by atoms with E-state index >= 15 is 0 Å². The Morgan fingerprint density at radius 1 is 1.17 bits per heavy atom. The lowest BCUT2D eigenvalue weighted by Crippen LogP contribution is -2.39. The summed E-state index contributed by atoms with van der Waals surface area (Å²) in [4.78, 5) is 32.4. The third-order valence-electron chi connectivity index (χ3n) is 5.95. The summed E-state index contributed by atoms with van der Waals surface area (Å²) in [6, 6.07) is 7.12. The fraction of sp³-hybridized carbons (Fsp3) is 0.481. The van der Waals surface area contributed by atoms with Crippen LogP contribution in [0.15, 0.2) is 34.1 Å². The zero-order chi connectivity index (χ0) is 30.7. The van der Waals surface area contributed by atoms with E-state index in [0.717, 1.165) is 24.1 Å². The maximum absolute atomic E-state index is 13.0. The summed E-state index contributed by atoms with van der Waals surface area (Å²) < 4.78 is 15.8. The van der Waals surface area contributed by atoms with Crippen molar-refractivity contribution in [3.63, 3.8) is 0 Å². The largest absolute Gasteiger partial charge is 0.547 e. The predicted octanol–water partition coefficient (Wildman–Crippen LogP) is -0.986. The van der Waals surface area contributed by atoms with Gasteiger partial charge in [0.2, 0.25) is 0 Å². The smallest absolute Gasteiger partial charge is 0.387 e. The molecule has 3 aromatic rings. The minimum Gasteiger partial charge on any atom is -0.547 e. The quantitative estimate of drug-likeness (QED) is 0.146. The lowest BCUT2D eigenvalue weighted by Gasteiger charge is -2.18. The Morgan fingerprint density at radius 3 is 2.34 bits per heavy atom. The molecule has 0 bridgehead atoms. The Hall–Kier alpha value is -4.46. The van der Waals surface area contributed by atoms with E-state index in [1.807, 2.05) is 6.92 Å². The molecule has 14 heteroatoms. The van der Waals surface area contributed by atoms with E-state index in [1.165, 1.54) is 0 Å². The van der Waals surface area contributed by atoms with Crippen LogP contribution in [0.2, 0.25) is 0 Å². The number of carboxylic acid groups (broad SMARTS) is 1. The highest BCUT2D eigenvalue weighted by Crippen LogP contribution is 2.16. The number of nitrogens with zero attached hydrogens (tertiary/aromatic N) is 6. The van der Waals surface area contributed by atoms with E-state index in [0.29, 0.717) is 41.7 Å². The van der Waals surface area contributed by atoms with Gasteiger partial charge in [-0.15, -0.1) is 0 Å². The van der Waals surface area contributed by atoms with Crippen molar-refractivity contribution in [3.05, 3.63) is 51.7 Å². The first kappa shape index (κ1) is 32.8. The molecule has 1 atom stereocenters. The fourth-order valence-corrected chi connectivity index (χ4v) is 3.93. The van der Waals surface area contributed by atoms with Gasteiger partial charge in [-0.3, -0.25) is 24.4 Å². The first-order chi connectivity index (χ1) is 19.4. The molecular weight excluding hydrogens is 530 g/mol. The van der Waals surface area contributed by atoms with Gasteiger partial charge in [-0.2, -0.15) is 5.10 Å². The van der Waals surface area contributed by atoms with Gasteiger partial charge in [0.1, 0.15) is 29.8 Å². The minimum atomic E-state index is -1.23. The summed E-state index contributed by atoms with van der Waals surface area (Å²) in [5.74, 6) is 0.293. The molecule has 0 amide bonds. The minimum absolute atomic E-state index is 0.0267. The molecule has 41 heavy (non-hydrogen) atoms. The van der Waals surface area contributed by atoms with Crippen LogP contribution in [-0.4, -0.2) is 75.2 Å². The molecular formula is C27H41N9O5. The van der Waals surface area contributed by atoms with Crippen molar-refractivity contribution in [2.45, 2.75) is 52.7 Å². The third kappa shape index (κ3) is 9.31. The standard InChI is InChI=1S/C23H30N4O5.C4H11N5/c1-5-7-18-20-21(26(4)25-18)22(28)27(15(3)24-20)12-13-32-17-10-8-16(9-11-17)14-19(23(29)30)31-6-2;1-9(2)4(7)8-3(5)6/h8-11,19H,5-7,12-14H2,1-4H3,(H,29,30);1-2H3,(H5,5,6,7,8)/t19-;/m0./s1. The average molecular weight is 572 g/mol. The summed E-state index contributed by atoms with van der Waals surface area (Å²) in [6.45, 7) is 6.56. The maximum atomic E-state index is 13.0. The van der Waals surface area contributed by atoms with E-state index in [-0.39, 0.29) is 24.5 Å². The highest BCUT2D eigenvalue weighted by atomic mass is 16.5. The Labute approximate surface area is 239 Å². The molecule has 0 unspecified atom stereocenters. The van der Waals surface area contributed by atoms with E-state index < -0.39 is 12.1 Å². The van der Waals surface area contributed by atoms with E-state index in [4.69, 9.17) is 26.7 Å². The van der Waals surface area contributed by atoms with Crippen LogP contribution in [0.4, 0.5) is 0 Å². The number of guanidine groups is 2. The third-order valence-corrected chi connectivity index (χ3v) is 5.95. The van der Waals surface area contributed by atoms with Crippen molar-refractivity contribution < 1.29 is 24.0 Å². The normalized spacial score (nSPS) is 11.4. The summed E-state index contributed by atoms with van der Waals surface area (Å²) in [7, 11) is 5.27. The second-order valence-corrected chi connectivity index (χ2v) is 9.38. The van der Waals surface area contributed by atoms with Crippen LogP contribution < -0.4 is 32.6 Å². The molecule has 0 saturated heterocycles. The van der Waals surface area contributed by atoms with Crippen LogP contribution in [0.3, 0.4) is 0 Å². The predicted molar refractivity (Wildman–Crippen MR) is 155 cm³/mol. The second kappa shape index (κ2) is 15.4. The van der Waals surface area contributed by atoms with Gasteiger partial charge in [-0.1, -0.05) is 25.5 Å². The molecule has 3 rings (SSSR count). The van der Waals surface area contributed by atoms with Crippen LogP contribution in [0.25, 0.3) is 11.0 Å². The first-order valence-electron chi connectivity index (χ1n) is 13.3. The molecule has 6 N–H and O–H groups in total. The monoisotopic (exact) mass is 571 g/mol. The lowest BCUT2D eigenvalue weighted by atomic mass is 10.1. The van der Waals surface area contributed by atoms with Crippen LogP contribution in [0, 0.1) is 6.92 Å². The van der Waals surface area contributed by atoms with Crippen LogP contribution in [-0.2, 0) is 36.0 Å². The number of rotatable bonds is 11. The second-order valence-electron chi connectivity index (χ2n) is 9.38. The molecule has 0 fully saturated rings. The van der Waals surface area contributed by atoms with Crippen molar-refractivity contribution in [1.82, 2.24) is 19.3 Å². The zero-order valence-electron chi connectivity index (χ0n) is 24.6. The number of hydrogen-bond acceptors (Lipinski definition) is 7. The number of aliphatic imine (C=N–C) groups is 1. The van der Waals surface area contributed by atoms with Crippen molar-refractivity contribution in [2.75, 3.05) is 27.3 Å². The van der Waals surface area contributed by atoms with Gasteiger partial charge < -0.3 is 30.8 Å². The maximum Gasteiger partial charge on any atom is 0.387 e. The highest BCUT2D eigenvalue weighted by Gasteiger charge is 2.17. The number of aromatic nitrogens is 4. The number of carbonyl (C=O) groups excluding carboxylic acids is 1. The SMILES string of the molecule is CCCc1nn(C)c2c(=O)n(CCOc3ccc(C[C@H](OCC)C(=O)[O-])cc3)c(C)nc12.C[N+](C)=C(N)N=C(N)N. The highest BCUT2D eigenvalue weighted by molar-refractivity contribution is 5.89. The molecule has 224 valence electrons. The number of hydrogen-bond donors (Lipinski definition) is 3. The van der Waals surface area contributed by atoms with Gasteiger partial charge in [0.05, 0.1) is 32.3 Å². The molecule has 0 saturated carbocycles. The molecule has 0 spiro atoms. The van der Waals surface area contributed by atoms with Crippen molar-refractivity contribution in [1.29, 1.82) is 0 Å². The van der Waals surface area contributed by atoms with Gasteiger partial charge in [-0.05, 0) is 43.0 Å². The summed E-state index contributed by atoms with van der Waals surface area (Å²) in [5, 5.41) is 15.6. The Morgan fingerprint density at radius 2 is 1.83 bits per heavy atom. The lowest BCUT2D eigenvalue weighted by molar-refractivity contribution is -0.466.